The van der Waals surface area contributed by atoms with Gasteiger partial charge in [-0.1, -0.05) is 35.9 Å². The number of pyridine rings is 1. The first-order chi connectivity index (χ1) is 18.0. The van der Waals surface area contributed by atoms with Gasteiger partial charge in [-0.2, -0.15) is 0 Å². The molecule has 1 amide bonds. The van der Waals surface area contributed by atoms with Crippen LogP contribution in [0.2, 0.25) is 5.02 Å². The summed E-state index contributed by atoms with van der Waals surface area (Å²) in [7, 11) is 3.69. The lowest BCUT2D eigenvalue weighted by atomic mass is 9.89. The standard InChI is InChI=1S/C30H32ClN3O2S/c1-19-6-4-8-26-27(19)28(31)29(37-26)30(35)34(24-12-10-23(32-2)11-13-24)18-22-16-20(9-14-25(22)36-3)21-7-5-15-33-17-21/h4-9,14-17,23-24,32H,10-13,18H2,1-3H3. The van der Waals surface area contributed by atoms with Gasteiger partial charge in [0.1, 0.15) is 10.6 Å². The zero-order valence-corrected chi connectivity index (χ0v) is 23.0. The summed E-state index contributed by atoms with van der Waals surface area (Å²) in [6, 6.07) is 16.8. The Morgan fingerprint density at radius 3 is 2.62 bits per heavy atom. The van der Waals surface area contributed by atoms with Crippen LogP contribution in [0.5, 0.6) is 5.75 Å². The van der Waals surface area contributed by atoms with Crippen LogP contribution in [0.15, 0.2) is 60.9 Å². The molecule has 5 nitrogen and oxygen atoms in total. The monoisotopic (exact) mass is 533 g/mol. The van der Waals surface area contributed by atoms with Crippen LogP contribution in [0, 0.1) is 6.92 Å². The van der Waals surface area contributed by atoms with E-state index in [1.807, 2.05) is 67.5 Å². The number of ether oxygens (including phenoxy) is 1. The molecule has 1 fully saturated rings. The maximum Gasteiger partial charge on any atom is 0.266 e. The van der Waals surface area contributed by atoms with Gasteiger partial charge in [0.15, 0.2) is 0 Å². The molecule has 0 spiro atoms. The Morgan fingerprint density at radius 2 is 1.95 bits per heavy atom. The number of thiophene rings is 1. The Morgan fingerprint density at radius 1 is 1.14 bits per heavy atom. The molecule has 1 aliphatic carbocycles. The Bertz CT molecular complexity index is 1400. The molecule has 2 heterocycles. The molecule has 5 rings (SSSR count). The molecule has 2 aromatic heterocycles. The van der Waals surface area contributed by atoms with Gasteiger partial charge in [0.05, 0.1) is 12.1 Å². The first-order valence-electron chi connectivity index (χ1n) is 12.7. The predicted octanol–water partition coefficient (Wildman–Crippen LogP) is 7.11. The third kappa shape index (κ3) is 5.24. The van der Waals surface area contributed by atoms with Gasteiger partial charge in [-0.3, -0.25) is 9.78 Å². The van der Waals surface area contributed by atoms with Crippen molar-refractivity contribution in [3.63, 3.8) is 0 Å². The Labute approximate surface area is 227 Å². The second-order valence-corrected chi connectivity index (χ2v) is 11.1. The summed E-state index contributed by atoms with van der Waals surface area (Å²) in [6.45, 7) is 2.50. The fourth-order valence-electron chi connectivity index (χ4n) is 5.39. The van der Waals surface area contributed by atoms with E-state index >= 15 is 0 Å². The van der Waals surface area contributed by atoms with Gasteiger partial charge in [0.25, 0.3) is 5.91 Å². The maximum atomic E-state index is 14.2. The number of amides is 1. The lowest BCUT2D eigenvalue weighted by Gasteiger charge is -2.37. The quantitative estimate of drug-likeness (QED) is 0.275. The van der Waals surface area contributed by atoms with Crippen molar-refractivity contribution in [2.45, 2.75) is 51.2 Å². The smallest absolute Gasteiger partial charge is 0.266 e. The number of aryl methyl sites for hydroxylation is 1. The highest BCUT2D eigenvalue weighted by Crippen LogP contribution is 2.39. The van der Waals surface area contributed by atoms with Crippen LogP contribution in [0.3, 0.4) is 0 Å². The summed E-state index contributed by atoms with van der Waals surface area (Å²) in [5, 5.41) is 4.94. The minimum atomic E-state index is -0.00709. The molecule has 0 radical (unpaired) electrons. The molecule has 7 heteroatoms. The Balaban J connectivity index is 1.54. The number of benzene rings is 2. The van der Waals surface area contributed by atoms with E-state index in [4.69, 9.17) is 16.3 Å². The van der Waals surface area contributed by atoms with E-state index in [-0.39, 0.29) is 11.9 Å². The first kappa shape index (κ1) is 25.7. The molecule has 0 aliphatic heterocycles. The molecule has 2 aromatic carbocycles. The van der Waals surface area contributed by atoms with E-state index < -0.39 is 0 Å². The summed E-state index contributed by atoms with van der Waals surface area (Å²) in [4.78, 5) is 21.2. The van der Waals surface area contributed by atoms with Crippen LogP contribution in [-0.2, 0) is 6.54 Å². The molecule has 0 bridgehead atoms. The number of halogens is 1. The summed E-state index contributed by atoms with van der Waals surface area (Å²) in [5.74, 6) is 0.764. The normalized spacial score (nSPS) is 17.6. The fourth-order valence-corrected chi connectivity index (χ4v) is 7.02. The van der Waals surface area contributed by atoms with E-state index in [0.717, 1.165) is 63.8 Å². The SMILES string of the molecule is CNC1CCC(N(Cc2cc(-c3cccnc3)ccc2OC)C(=O)c2sc3cccc(C)c3c2Cl)CC1. The Kier molecular flexibility index (Phi) is 7.79. The minimum Gasteiger partial charge on any atom is -0.496 e. The largest absolute Gasteiger partial charge is 0.496 e. The van der Waals surface area contributed by atoms with Crippen molar-refractivity contribution >= 4 is 38.9 Å². The molecule has 0 atom stereocenters. The number of fused-ring (bicyclic) bond motifs is 1. The molecular weight excluding hydrogens is 502 g/mol. The maximum absolute atomic E-state index is 14.2. The number of hydrogen-bond acceptors (Lipinski definition) is 5. The lowest BCUT2D eigenvalue weighted by molar-refractivity contribution is 0.0604. The van der Waals surface area contributed by atoms with Crippen LogP contribution < -0.4 is 10.1 Å². The summed E-state index contributed by atoms with van der Waals surface area (Å²) in [6.07, 6.45) is 7.60. The molecule has 4 aromatic rings. The summed E-state index contributed by atoms with van der Waals surface area (Å²) in [5.41, 5.74) is 4.14. The van der Waals surface area contributed by atoms with Gasteiger partial charge in [-0.25, -0.2) is 0 Å². The van der Waals surface area contributed by atoms with Gasteiger partial charge in [0, 0.05) is 52.2 Å². The second-order valence-electron chi connectivity index (χ2n) is 9.69. The molecule has 0 saturated heterocycles. The molecule has 37 heavy (non-hydrogen) atoms. The van der Waals surface area contributed by atoms with E-state index in [2.05, 4.69) is 16.4 Å². The minimum absolute atomic E-state index is 0.00709. The van der Waals surface area contributed by atoms with Crippen molar-refractivity contribution in [2.75, 3.05) is 14.2 Å². The van der Waals surface area contributed by atoms with Gasteiger partial charge in [-0.05, 0) is 75.0 Å². The number of rotatable bonds is 7. The van der Waals surface area contributed by atoms with Crippen LogP contribution in [0.25, 0.3) is 21.2 Å². The number of carbonyl (C=O) groups is 1. The van der Waals surface area contributed by atoms with Crippen molar-refractivity contribution in [2.24, 2.45) is 0 Å². The van der Waals surface area contributed by atoms with Crippen molar-refractivity contribution in [3.05, 3.63) is 82.0 Å². The van der Waals surface area contributed by atoms with Crippen molar-refractivity contribution in [1.29, 1.82) is 0 Å². The van der Waals surface area contributed by atoms with E-state index in [0.29, 0.717) is 22.5 Å². The van der Waals surface area contributed by atoms with Gasteiger partial charge < -0.3 is 15.0 Å². The molecular formula is C30H32ClN3O2S. The fraction of sp³-hybridized carbons (Fsp3) is 0.333. The first-order valence-corrected chi connectivity index (χ1v) is 13.9. The van der Waals surface area contributed by atoms with E-state index in [9.17, 15) is 4.79 Å². The third-order valence-electron chi connectivity index (χ3n) is 7.48. The third-order valence-corrected chi connectivity index (χ3v) is 9.12. The topological polar surface area (TPSA) is 54.5 Å². The average Bonchev–Trinajstić information content (AvgIpc) is 3.29. The van der Waals surface area contributed by atoms with Crippen molar-refractivity contribution in [3.8, 4) is 16.9 Å². The van der Waals surface area contributed by atoms with Gasteiger partial charge in [-0.15, -0.1) is 11.3 Å². The number of nitrogens with zero attached hydrogens (tertiary/aromatic N) is 2. The molecule has 1 N–H and O–H groups in total. The van der Waals surface area contributed by atoms with Gasteiger partial charge >= 0.3 is 0 Å². The van der Waals surface area contributed by atoms with E-state index in [1.54, 1.807) is 13.3 Å². The molecule has 1 aliphatic rings. The molecule has 0 unspecified atom stereocenters. The predicted molar refractivity (Wildman–Crippen MR) is 153 cm³/mol. The van der Waals surface area contributed by atoms with Crippen molar-refractivity contribution in [1.82, 2.24) is 15.2 Å². The van der Waals surface area contributed by atoms with Gasteiger partial charge in [0.2, 0.25) is 0 Å². The average molecular weight is 534 g/mol. The lowest BCUT2D eigenvalue weighted by Crippen LogP contribution is -2.44. The van der Waals surface area contributed by atoms with Crippen LogP contribution in [0.1, 0.15) is 46.5 Å². The zero-order chi connectivity index (χ0) is 25.9. The highest BCUT2D eigenvalue weighted by atomic mass is 35.5. The highest BCUT2D eigenvalue weighted by Gasteiger charge is 2.32. The number of aromatic nitrogens is 1. The number of hydrogen-bond donors (Lipinski definition) is 1. The van der Waals surface area contributed by atoms with Crippen LogP contribution in [-0.4, -0.2) is 42.0 Å². The second kappa shape index (κ2) is 11.2. The molecule has 1 saturated carbocycles. The summed E-state index contributed by atoms with van der Waals surface area (Å²) >= 11 is 8.36. The van der Waals surface area contributed by atoms with E-state index in [1.165, 1.54) is 11.3 Å². The Hall–Kier alpha value is -2.93. The summed E-state index contributed by atoms with van der Waals surface area (Å²) < 4.78 is 6.79. The van der Waals surface area contributed by atoms with Crippen molar-refractivity contribution < 1.29 is 9.53 Å². The molecule has 192 valence electrons. The zero-order valence-electron chi connectivity index (χ0n) is 21.5. The number of carbonyl (C=O) groups excluding carboxylic acids is 1. The van der Waals surface area contributed by atoms with Crippen LogP contribution >= 0.6 is 22.9 Å². The number of methoxy groups -OCH3 is 1. The number of nitrogens with one attached hydrogen (secondary N) is 1. The van der Waals surface area contributed by atoms with Crippen LogP contribution in [0.4, 0.5) is 0 Å². The highest BCUT2D eigenvalue weighted by molar-refractivity contribution is 7.21.